The van der Waals surface area contributed by atoms with Crippen LogP contribution in [0.25, 0.3) is 0 Å². The van der Waals surface area contributed by atoms with Crippen molar-refractivity contribution >= 4 is 23.1 Å². The molecule has 8 heteroatoms. The topological polar surface area (TPSA) is 103 Å². The molecular weight excluding hydrogens is 455 g/mol. The van der Waals surface area contributed by atoms with E-state index in [2.05, 4.69) is 15.3 Å². The lowest BCUT2D eigenvalue weighted by Gasteiger charge is -2.24. The van der Waals surface area contributed by atoms with E-state index in [1.165, 1.54) is 55.6 Å². The molecule has 182 valence electrons. The molecular formula is C27H33N6OP. The number of aromatic amines is 3. The van der Waals surface area contributed by atoms with Crippen molar-refractivity contribution in [1.82, 2.24) is 30.6 Å². The first-order chi connectivity index (χ1) is 17.2. The van der Waals surface area contributed by atoms with Gasteiger partial charge in [-0.25, -0.2) is 0 Å². The number of hydrogen-bond donors (Lipinski definition) is 3. The highest BCUT2D eigenvalue weighted by molar-refractivity contribution is 7.85. The summed E-state index contributed by atoms with van der Waals surface area (Å²) in [5.74, 6) is 2.76. The van der Waals surface area contributed by atoms with Crippen molar-refractivity contribution in [2.45, 2.75) is 113 Å². The molecule has 0 spiro atoms. The molecule has 6 aliphatic carbocycles. The third-order valence-electron chi connectivity index (χ3n) is 9.18. The second kappa shape index (κ2) is 6.79. The van der Waals surface area contributed by atoms with E-state index in [1.807, 2.05) is 0 Å². The molecule has 6 fully saturated rings. The molecule has 6 saturated carbocycles. The minimum absolute atomic E-state index is 0.448. The Morgan fingerprint density at radius 1 is 0.457 bits per heavy atom. The Morgan fingerprint density at radius 2 is 0.714 bits per heavy atom. The molecule has 9 rings (SSSR count). The van der Waals surface area contributed by atoms with Crippen LogP contribution in [0.15, 0.2) is 0 Å². The summed E-state index contributed by atoms with van der Waals surface area (Å²) in [4.78, 5) is 0. The van der Waals surface area contributed by atoms with Gasteiger partial charge in [0, 0.05) is 52.6 Å². The van der Waals surface area contributed by atoms with Gasteiger partial charge in [0.25, 0.3) is 0 Å². The smallest absolute Gasteiger partial charge is 0.182 e. The van der Waals surface area contributed by atoms with Gasteiger partial charge >= 0.3 is 0 Å². The monoisotopic (exact) mass is 488 g/mol. The van der Waals surface area contributed by atoms with Crippen LogP contribution in [0.4, 0.5) is 0 Å². The fourth-order valence-electron chi connectivity index (χ4n) is 6.32. The van der Waals surface area contributed by atoms with Crippen LogP contribution < -0.4 is 15.9 Å². The molecule has 7 nitrogen and oxygen atoms in total. The predicted octanol–water partition coefficient (Wildman–Crippen LogP) is 4.76. The molecule has 0 saturated heterocycles. The normalized spacial score (nSPS) is 24.9. The van der Waals surface area contributed by atoms with Crippen molar-refractivity contribution in [3.8, 4) is 0 Å². The summed E-state index contributed by atoms with van der Waals surface area (Å²) in [5, 5.41) is 28.4. The Kier molecular flexibility index (Phi) is 3.87. The van der Waals surface area contributed by atoms with Gasteiger partial charge < -0.3 is 4.57 Å². The SMILES string of the molecule is O=P(c1c(C2CC2)n[nH]c1C1CC1)(c1c(C2CC2)n[nH]c1C1CC1)c1c(C2CC2)n[nH]c1C1CC1. The van der Waals surface area contributed by atoms with Gasteiger partial charge in [-0.05, 0) is 77.0 Å². The molecule has 0 aromatic carbocycles. The number of aromatic nitrogens is 6. The molecule has 0 atom stereocenters. The number of rotatable bonds is 9. The largest absolute Gasteiger partial charge is 0.308 e. The van der Waals surface area contributed by atoms with Crippen LogP contribution in [-0.4, -0.2) is 30.6 Å². The van der Waals surface area contributed by atoms with Crippen molar-refractivity contribution < 1.29 is 4.57 Å². The minimum Gasteiger partial charge on any atom is -0.308 e. The zero-order valence-electron chi connectivity index (χ0n) is 20.1. The standard InChI is InChI=1S/C27H33N6OP/c34-35(25-19(13-1-2-13)28-29-20(25)14-3-4-14,26-21(15-5-6-15)30-31-22(26)16-7-8-16)27-23(17-9-10-17)32-33-24(27)18-11-12-18/h13-18H,1-12H2,(H,28,29)(H,30,31)(H,32,33). The highest BCUT2D eigenvalue weighted by Gasteiger charge is 2.53. The highest BCUT2D eigenvalue weighted by atomic mass is 31.2. The molecule has 0 bridgehead atoms. The minimum atomic E-state index is -3.22. The maximum Gasteiger partial charge on any atom is 0.182 e. The van der Waals surface area contributed by atoms with Crippen LogP contribution >= 0.6 is 7.14 Å². The molecule has 0 aliphatic heterocycles. The van der Waals surface area contributed by atoms with Crippen LogP contribution in [0.1, 0.15) is 147 Å². The molecule has 0 amide bonds. The van der Waals surface area contributed by atoms with Crippen LogP contribution in [0.5, 0.6) is 0 Å². The average molecular weight is 489 g/mol. The van der Waals surface area contributed by atoms with Crippen molar-refractivity contribution in [2.24, 2.45) is 0 Å². The van der Waals surface area contributed by atoms with Gasteiger partial charge in [0.15, 0.2) is 7.14 Å². The fraction of sp³-hybridized carbons (Fsp3) is 0.667. The van der Waals surface area contributed by atoms with E-state index in [-0.39, 0.29) is 0 Å². The molecule has 35 heavy (non-hydrogen) atoms. The Hall–Kier alpha value is -2.14. The van der Waals surface area contributed by atoms with Gasteiger partial charge in [-0.15, -0.1) is 0 Å². The van der Waals surface area contributed by atoms with Crippen LogP contribution in [0, 0.1) is 0 Å². The van der Waals surface area contributed by atoms with E-state index in [9.17, 15) is 0 Å². The third kappa shape index (κ3) is 3.03. The second-order valence-corrected chi connectivity index (χ2v) is 14.9. The number of H-pyrrole nitrogens is 3. The lowest BCUT2D eigenvalue weighted by Crippen LogP contribution is -2.33. The summed E-state index contributed by atoms with van der Waals surface area (Å²) in [6.45, 7) is 0. The first kappa shape index (κ1) is 20.0. The van der Waals surface area contributed by atoms with Gasteiger partial charge in [0.05, 0.1) is 33.0 Å². The lowest BCUT2D eigenvalue weighted by molar-refractivity contribution is 0.591. The van der Waals surface area contributed by atoms with Crippen molar-refractivity contribution in [1.29, 1.82) is 0 Å². The molecule has 0 radical (unpaired) electrons. The molecule has 6 aliphatic rings. The summed E-state index contributed by atoms with van der Waals surface area (Å²) in [7, 11) is -3.22. The van der Waals surface area contributed by atoms with E-state index in [4.69, 9.17) is 15.3 Å². The summed E-state index contributed by atoms with van der Waals surface area (Å²) in [6.07, 6.45) is 14.0. The molecule has 3 heterocycles. The zero-order valence-corrected chi connectivity index (χ0v) is 21.0. The Balaban J connectivity index is 1.39. The predicted molar refractivity (Wildman–Crippen MR) is 134 cm³/mol. The van der Waals surface area contributed by atoms with Gasteiger partial charge in [0.2, 0.25) is 0 Å². The molecule has 3 N–H and O–H groups in total. The van der Waals surface area contributed by atoms with E-state index in [0.29, 0.717) is 35.5 Å². The van der Waals surface area contributed by atoms with Crippen LogP contribution in [0.3, 0.4) is 0 Å². The van der Waals surface area contributed by atoms with Crippen molar-refractivity contribution in [3.63, 3.8) is 0 Å². The second-order valence-electron chi connectivity index (χ2n) is 12.4. The van der Waals surface area contributed by atoms with Crippen LogP contribution in [0.2, 0.25) is 0 Å². The quantitative estimate of drug-likeness (QED) is 0.378. The molecule has 3 aromatic rings. The van der Waals surface area contributed by atoms with E-state index in [0.717, 1.165) is 71.5 Å². The summed E-state index contributed by atoms with van der Waals surface area (Å²) >= 11 is 0. The number of nitrogens with zero attached hydrogens (tertiary/aromatic N) is 3. The van der Waals surface area contributed by atoms with Gasteiger partial charge in [0.1, 0.15) is 0 Å². The molecule has 0 unspecified atom stereocenters. The first-order valence-corrected chi connectivity index (χ1v) is 15.8. The maximum atomic E-state index is 16.5. The first-order valence-electron chi connectivity index (χ1n) is 14.1. The van der Waals surface area contributed by atoms with Gasteiger partial charge in [-0.1, -0.05) is 0 Å². The number of nitrogens with one attached hydrogen (secondary N) is 3. The summed E-state index contributed by atoms with van der Waals surface area (Å²) in [6, 6.07) is 0. The van der Waals surface area contributed by atoms with Gasteiger partial charge in [-0.2, -0.15) is 15.3 Å². The van der Waals surface area contributed by atoms with E-state index >= 15 is 4.57 Å². The average Bonchev–Trinajstić information content (AvgIpc) is 3.67. The van der Waals surface area contributed by atoms with Crippen molar-refractivity contribution in [2.75, 3.05) is 0 Å². The molecule has 3 aromatic heterocycles. The van der Waals surface area contributed by atoms with E-state index < -0.39 is 7.14 Å². The Morgan fingerprint density at radius 3 is 0.943 bits per heavy atom. The Bertz CT molecular complexity index is 1140. The summed E-state index contributed by atoms with van der Waals surface area (Å²) < 4.78 is 16.5. The Labute approximate surface area is 205 Å². The lowest BCUT2D eigenvalue weighted by atomic mass is 10.2. The van der Waals surface area contributed by atoms with E-state index in [1.54, 1.807) is 0 Å². The zero-order chi connectivity index (χ0) is 22.9. The fourth-order valence-corrected chi connectivity index (χ4v) is 10.4. The third-order valence-corrected chi connectivity index (χ3v) is 12.5. The maximum absolute atomic E-state index is 16.5. The summed E-state index contributed by atoms with van der Waals surface area (Å²) in [5.41, 5.74) is 6.82. The van der Waals surface area contributed by atoms with Crippen molar-refractivity contribution in [3.05, 3.63) is 34.2 Å². The highest BCUT2D eigenvalue weighted by Crippen LogP contribution is 2.60. The van der Waals surface area contributed by atoms with Crippen LogP contribution in [-0.2, 0) is 4.57 Å². The number of hydrogen-bond acceptors (Lipinski definition) is 4. The van der Waals surface area contributed by atoms with Gasteiger partial charge in [-0.3, -0.25) is 15.3 Å².